The van der Waals surface area contributed by atoms with Crippen molar-refractivity contribution in [2.75, 3.05) is 20.2 Å². The monoisotopic (exact) mass is 334 g/mol. The van der Waals surface area contributed by atoms with Gasteiger partial charge in [-0.05, 0) is 36.9 Å². The number of halogens is 1. The minimum absolute atomic E-state index is 0.259. The number of ether oxygens (including phenoxy) is 1. The van der Waals surface area contributed by atoms with E-state index < -0.39 is 0 Å². The van der Waals surface area contributed by atoms with Gasteiger partial charge in [0.05, 0.1) is 7.11 Å². The summed E-state index contributed by atoms with van der Waals surface area (Å²) in [4.78, 5) is 3.93. The fourth-order valence-corrected chi connectivity index (χ4v) is 3.85. The van der Waals surface area contributed by atoms with Crippen LogP contribution in [0.2, 0.25) is 0 Å². The summed E-state index contributed by atoms with van der Waals surface area (Å²) in [6, 6.07) is 9.52. The Labute approximate surface area is 141 Å². The van der Waals surface area contributed by atoms with Crippen LogP contribution in [-0.4, -0.2) is 31.1 Å². The number of thiophene rings is 1. The molecule has 2 heterocycles. The summed E-state index contributed by atoms with van der Waals surface area (Å²) in [5.41, 5.74) is 1.00. The molecule has 1 aromatic heterocycles. The van der Waals surface area contributed by atoms with Crippen LogP contribution in [0.25, 0.3) is 0 Å². The van der Waals surface area contributed by atoms with Crippen LogP contribution in [-0.2, 0) is 13.1 Å². The minimum atomic E-state index is -0.259. The van der Waals surface area contributed by atoms with Crippen molar-refractivity contribution in [3.63, 3.8) is 0 Å². The van der Waals surface area contributed by atoms with Crippen molar-refractivity contribution >= 4 is 11.3 Å². The van der Waals surface area contributed by atoms with Gasteiger partial charge in [-0.25, -0.2) is 4.39 Å². The molecule has 1 atom stereocenters. The Morgan fingerprint density at radius 3 is 3.09 bits per heavy atom. The highest BCUT2D eigenvalue weighted by Crippen LogP contribution is 2.21. The highest BCUT2D eigenvalue weighted by atomic mass is 32.1. The number of hydrogen-bond donors (Lipinski definition) is 1. The molecule has 1 N–H and O–H groups in total. The predicted molar refractivity (Wildman–Crippen MR) is 92.4 cm³/mol. The fraction of sp³-hybridized carbons (Fsp3) is 0.444. The Morgan fingerprint density at radius 1 is 1.39 bits per heavy atom. The molecule has 0 aliphatic carbocycles. The molecule has 124 valence electrons. The smallest absolute Gasteiger partial charge is 0.126 e. The maximum Gasteiger partial charge on any atom is 0.126 e. The Hall–Kier alpha value is -1.43. The lowest BCUT2D eigenvalue weighted by Crippen LogP contribution is -2.44. The molecule has 1 fully saturated rings. The SMILES string of the molecule is COc1cc(F)ccc1CNC1CCCN(Cc2cccs2)C1. The summed E-state index contributed by atoms with van der Waals surface area (Å²) < 4.78 is 18.5. The lowest BCUT2D eigenvalue weighted by molar-refractivity contribution is 0.184. The van der Waals surface area contributed by atoms with Crippen LogP contribution in [0.4, 0.5) is 4.39 Å². The lowest BCUT2D eigenvalue weighted by atomic mass is 10.0. The second kappa shape index (κ2) is 7.90. The van der Waals surface area contributed by atoms with E-state index >= 15 is 0 Å². The molecule has 0 amide bonds. The number of nitrogens with zero attached hydrogens (tertiary/aromatic N) is 1. The van der Waals surface area contributed by atoms with E-state index in [-0.39, 0.29) is 5.82 Å². The van der Waals surface area contributed by atoms with Gasteiger partial charge in [0.2, 0.25) is 0 Å². The molecule has 0 bridgehead atoms. The van der Waals surface area contributed by atoms with Crippen LogP contribution >= 0.6 is 11.3 Å². The van der Waals surface area contributed by atoms with E-state index in [2.05, 4.69) is 27.7 Å². The Morgan fingerprint density at radius 2 is 2.30 bits per heavy atom. The van der Waals surface area contributed by atoms with Crippen molar-refractivity contribution in [2.24, 2.45) is 0 Å². The van der Waals surface area contributed by atoms with Gasteiger partial charge < -0.3 is 10.1 Å². The number of piperidine rings is 1. The molecule has 0 spiro atoms. The van der Waals surface area contributed by atoms with Crippen molar-refractivity contribution < 1.29 is 9.13 Å². The van der Waals surface area contributed by atoms with Crippen LogP contribution < -0.4 is 10.1 Å². The second-order valence-corrected chi connectivity index (χ2v) is 7.02. The number of methoxy groups -OCH3 is 1. The highest BCUT2D eigenvalue weighted by molar-refractivity contribution is 7.09. The van der Waals surface area contributed by atoms with Crippen molar-refractivity contribution in [3.05, 3.63) is 52.0 Å². The average Bonchev–Trinajstić information content (AvgIpc) is 3.07. The quantitative estimate of drug-likeness (QED) is 0.873. The van der Waals surface area contributed by atoms with Crippen LogP contribution in [0.5, 0.6) is 5.75 Å². The second-order valence-electron chi connectivity index (χ2n) is 5.99. The maximum atomic E-state index is 13.3. The molecule has 1 aliphatic heterocycles. The van der Waals surface area contributed by atoms with Crippen molar-refractivity contribution in [1.29, 1.82) is 0 Å². The van der Waals surface area contributed by atoms with Gasteiger partial charge in [-0.15, -0.1) is 11.3 Å². The number of likely N-dealkylation sites (tertiary alicyclic amines) is 1. The molecular formula is C18H23FN2OS. The predicted octanol–water partition coefficient (Wildman–Crippen LogP) is 3.65. The van der Waals surface area contributed by atoms with Crippen LogP contribution in [0.15, 0.2) is 35.7 Å². The lowest BCUT2D eigenvalue weighted by Gasteiger charge is -2.33. The summed E-state index contributed by atoms with van der Waals surface area (Å²) in [5, 5.41) is 5.74. The third-order valence-corrected chi connectivity index (χ3v) is 5.16. The number of hydrogen-bond acceptors (Lipinski definition) is 4. The van der Waals surface area contributed by atoms with Crippen molar-refractivity contribution in [2.45, 2.75) is 32.0 Å². The van der Waals surface area contributed by atoms with E-state index in [1.54, 1.807) is 13.2 Å². The number of rotatable bonds is 6. The van der Waals surface area contributed by atoms with E-state index in [9.17, 15) is 4.39 Å². The molecular weight excluding hydrogens is 311 g/mol. The molecule has 0 saturated carbocycles. The van der Waals surface area contributed by atoms with E-state index in [1.807, 2.05) is 11.3 Å². The zero-order valence-electron chi connectivity index (χ0n) is 13.4. The van der Waals surface area contributed by atoms with Gasteiger partial charge in [-0.3, -0.25) is 4.90 Å². The first-order valence-corrected chi connectivity index (χ1v) is 8.93. The van der Waals surface area contributed by atoms with E-state index in [1.165, 1.54) is 29.9 Å². The summed E-state index contributed by atoms with van der Waals surface area (Å²) in [5.74, 6) is 0.356. The van der Waals surface area contributed by atoms with Gasteiger partial charge in [0.1, 0.15) is 11.6 Å². The zero-order chi connectivity index (χ0) is 16.1. The largest absolute Gasteiger partial charge is 0.496 e. The van der Waals surface area contributed by atoms with Crippen LogP contribution in [0, 0.1) is 5.82 Å². The third kappa shape index (κ3) is 4.53. The van der Waals surface area contributed by atoms with Gasteiger partial charge in [0, 0.05) is 42.2 Å². The Balaban J connectivity index is 1.53. The first-order valence-electron chi connectivity index (χ1n) is 8.05. The van der Waals surface area contributed by atoms with E-state index in [0.717, 1.165) is 25.2 Å². The summed E-state index contributed by atoms with van der Waals surface area (Å²) in [7, 11) is 1.58. The standard InChI is InChI=1S/C18H23FN2OS/c1-22-18-10-15(19)7-6-14(18)11-20-16-4-2-8-21(12-16)13-17-5-3-9-23-17/h3,5-7,9-10,16,20H,2,4,8,11-13H2,1H3. The third-order valence-electron chi connectivity index (χ3n) is 4.30. The fourth-order valence-electron chi connectivity index (χ4n) is 3.11. The van der Waals surface area contributed by atoms with E-state index in [4.69, 9.17) is 4.74 Å². The molecule has 5 heteroatoms. The van der Waals surface area contributed by atoms with Gasteiger partial charge in [0.25, 0.3) is 0 Å². The molecule has 3 rings (SSSR count). The molecule has 1 unspecified atom stereocenters. The summed E-state index contributed by atoms with van der Waals surface area (Å²) in [6.45, 7) is 3.97. The molecule has 0 radical (unpaired) electrons. The molecule has 1 aliphatic rings. The number of benzene rings is 1. The minimum Gasteiger partial charge on any atom is -0.496 e. The average molecular weight is 334 g/mol. The first-order chi connectivity index (χ1) is 11.2. The maximum absolute atomic E-state index is 13.3. The molecule has 23 heavy (non-hydrogen) atoms. The van der Waals surface area contributed by atoms with Crippen molar-refractivity contribution in [3.8, 4) is 5.75 Å². The highest BCUT2D eigenvalue weighted by Gasteiger charge is 2.20. The van der Waals surface area contributed by atoms with Gasteiger partial charge >= 0.3 is 0 Å². The Kier molecular flexibility index (Phi) is 5.65. The van der Waals surface area contributed by atoms with Gasteiger partial charge in [0.15, 0.2) is 0 Å². The van der Waals surface area contributed by atoms with Gasteiger partial charge in [-0.1, -0.05) is 12.1 Å². The zero-order valence-corrected chi connectivity index (χ0v) is 14.2. The first kappa shape index (κ1) is 16.4. The molecule has 1 saturated heterocycles. The van der Waals surface area contributed by atoms with Crippen LogP contribution in [0.3, 0.4) is 0 Å². The van der Waals surface area contributed by atoms with Gasteiger partial charge in [-0.2, -0.15) is 0 Å². The molecule has 3 nitrogen and oxygen atoms in total. The molecule has 1 aromatic carbocycles. The summed E-state index contributed by atoms with van der Waals surface area (Å²) >= 11 is 1.82. The summed E-state index contributed by atoms with van der Waals surface area (Å²) in [6.07, 6.45) is 2.40. The number of nitrogens with one attached hydrogen (secondary N) is 1. The van der Waals surface area contributed by atoms with Crippen LogP contribution in [0.1, 0.15) is 23.3 Å². The molecule has 2 aromatic rings. The van der Waals surface area contributed by atoms with Crippen molar-refractivity contribution in [1.82, 2.24) is 10.2 Å². The normalized spacial score (nSPS) is 19.0. The Bertz CT molecular complexity index is 617. The van der Waals surface area contributed by atoms with E-state index in [0.29, 0.717) is 18.3 Å². The topological polar surface area (TPSA) is 24.5 Å².